The second kappa shape index (κ2) is 7.24. The van der Waals surface area contributed by atoms with Crippen molar-refractivity contribution in [1.82, 2.24) is 0 Å². The lowest BCUT2D eigenvalue weighted by Gasteiger charge is -2.15. The van der Waals surface area contributed by atoms with Gasteiger partial charge in [-0.3, -0.25) is 0 Å². The van der Waals surface area contributed by atoms with Crippen molar-refractivity contribution >= 4 is 29.3 Å². The number of carbonyl (C=O) groups is 1. The van der Waals surface area contributed by atoms with Gasteiger partial charge in [-0.15, -0.1) is 0 Å². The molecule has 0 atom stereocenters. The molecule has 0 aromatic heterocycles. The summed E-state index contributed by atoms with van der Waals surface area (Å²) in [6.45, 7) is 0. The SMILES string of the molecule is COC(=O)/N=[N+](\[O-])C(c1ccc(Cl)cc1)c1ccc(Cl)cc1. The van der Waals surface area contributed by atoms with E-state index < -0.39 is 12.1 Å². The minimum atomic E-state index is -0.970. The maximum absolute atomic E-state index is 12.3. The first-order valence-electron chi connectivity index (χ1n) is 6.28. The smallest absolute Gasteiger partial charge is 0.491 e. The minimum Gasteiger partial charge on any atom is -0.599 e. The van der Waals surface area contributed by atoms with Crippen molar-refractivity contribution in [2.75, 3.05) is 7.11 Å². The molecule has 0 radical (unpaired) electrons. The van der Waals surface area contributed by atoms with Crippen molar-refractivity contribution in [3.63, 3.8) is 0 Å². The first-order chi connectivity index (χ1) is 10.5. The summed E-state index contributed by atoms with van der Waals surface area (Å²) in [6.07, 6.45) is -0.970. The summed E-state index contributed by atoms with van der Waals surface area (Å²) in [5, 5.41) is 16.7. The van der Waals surface area contributed by atoms with Gasteiger partial charge in [0.15, 0.2) is 0 Å². The maximum atomic E-state index is 12.3. The van der Waals surface area contributed by atoms with Crippen LogP contribution in [0.2, 0.25) is 10.0 Å². The second-order valence-corrected chi connectivity index (χ2v) is 5.25. The Labute approximate surface area is 137 Å². The molecule has 0 fully saturated rings. The standard InChI is InChI=1S/C15H12Cl2N2O3/c1-22-15(20)18-19(21)14(10-2-6-12(16)7-3-10)11-4-8-13(17)9-5-11/h2-9,14H,1H3/b19-18-. The van der Waals surface area contributed by atoms with E-state index in [1.165, 1.54) is 0 Å². The maximum Gasteiger partial charge on any atom is 0.491 e. The van der Waals surface area contributed by atoms with Crippen molar-refractivity contribution in [1.29, 1.82) is 0 Å². The number of methoxy groups -OCH3 is 1. The van der Waals surface area contributed by atoms with Gasteiger partial charge in [0.2, 0.25) is 6.04 Å². The first kappa shape index (κ1) is 16.3. The monoisotopic (exact) mass is 338 g/mol. The zero-order valence-corrected chi connectivity index (χ0v) is 13.1. The van der Waals surface area contributed by atoms with Crippen molar-refractivity contribution in [3.05, 3.63) is 74.9 Å². The lowest BCUT2D eigenvalue weighted by atomic mass is 9.99. The Morgan fingerprint density at radius 2 is 1.45 bits per heavy atom. The summed E-state index contributed by atoms with van der Waals surface area (Å²) < 4.78 is 4.39. The van der Waals surface area contributed by atoms with Gasteiger partial charge in [0.1, 0.15) is 0 Å². The fourth-order valence-corrected chi connectivity index (χ4v) is 2.17. The number of amides is 1. The van der Waals surface area contributed by atoms with Crippen molar-refractivity contribution < 1.29 is 14.4 Å². The van der Waals surface area contributed by atoms with E-state index in [-0.39, 0.29) is 0 Å². The number of hydrogen-bond acceptors (Lipinski definition) is 3. The zero-order valence-electron chi connectivity index (χ0n) is 11.6. The third-order valence-electron chi connectivity index (χ3n) is 2.95. The zero-order chi connectivity index (χ0) is 16.1. The second-order valence-electron chi connectivity index (χ2n) is 4.38. The van der Waals surface area contributed by atoms with E-state index in [1.807, 2.05) is 0 Å². The molecule has 0 heterocycles. The highest BCUT2D eigenvalue weighted by Gasteiger charge is 2.24. The lowest BCUT2D eigenvalue weighted by molar-refractivity contribution is -0.559. The first-order valence-corrected chi connectivity index (χ1v) is 7.03. The molecule has 2 rings (SSSR count). The van der Waals surface area contributed by atoms with Crippen LogP contribution in [0.1, 0.15) is 17.2 Å². The predicted molar refractivity (Wildman–Crippen MR) is 83.2 cm³/mol. The normalized spacial score (nSPS) is 11.5. The predicted octanol–water partition coefficient (Wildman–Crippen LogP) is 4.81. The van der Waals surface area contributed by atoms with Crippen LogP contribution < -0.4 is 0 Å². The minimum absolute atomic E-state index is 0.304. The summed E-state index contributed by atoms with van der Waals surface area (Å²) in [6, 6.07) is 12.6. The van der Waals surface area contributed by atoms with Gasteiger partial charge in [0.25, 0.3) is 0 Å². The Bertz CT molecular complexity index is 639. The number of carbonyl (C=O) groups excluding carboxylic acids is 1. The van der Waals surface area contributed by atoms with Gasteiger partial charge in [-0.2, -0.15) is 0 Å². The molecular weight excluding hydrogens is 327 g/mol. The summed E-state index contributed by atoms with van der Waals surface area (Å²) >= 11 is 11.7. The van der Waals surface area contributed by atoms with E-state index in [9.17, 15) is 10.0 Å². The third-order valence-corrected chi connectivity index (χ3v) is 3.45. The van der Waals surface area contributed by atoms with Crippen LogP contribution in [-0.2, 0) is 4.74 Å². The van der Waals surface area contributed by atoms with E-state index in [4.69, 9.17) is 23.2 Å². The number of ether oxygens (including phenoxy) is 1. The molecule has 0 saturated heterocycles. The van der Waals surface area contributed by atoms with Crippen LogP contribution >= 0.6 is 23.2 Å². The van der Waals surface area contributed by atoms with Gasteiger partial charge in [0.05, 0.1) is 12.2 Å². The largest absolute Gasteiger partial charge is 0.599 e. The lowest BCUT2D eigenvalue weighted by Crippen LogP contribution is -2.15. The molecule has 0 unspecified atom stereocenters. The van der Waals surface area contributed by atoms with E-state index >= 15 is 0 Å². The Morgan fingerprint density at radius 3 is 1.82 bits per heavy atom. The van der Waals surface area contributed by atoms with Crippen LogP contribution in [-0.4, -0.2) is 18.1 Å². The van der Waals surface area contributed by atoms with Crippen LogP contribution in [0.15, 0.2) is 53.6 Å². The number of hydrogen-bond donors (Lipinski definition) is 0. The van der Waals surface area contributed by atoms with E-state index in [0.717, 1.165) is 7.11 Å². The van der Waals surface area contributed by atoms with Gasteiger partial charge in [-0.05, 0) is 24.3 Å². The molecule has 0 saturated carbocycles. The molecule has 0 bridgehead atoms. The van der Waals surface area contributed by atoms with E-state index in [1.54, 1.807) is 48.5 Å². The molecule has 7 heteroatoms. The van der Waals surface area contributed by atoms with E-state index in [0.29, 0.717) is 26.0 Å². The average molecular weight is 339 g/mol. The molecule has 5 nitrogen and oxygen atoms in total. The molecule has 114 valence electrons. The van der Waals surface area contributed by atoms with E-state index in [2.05, 4.69) is 9.85 Å². The summed E-state index contributed by atoms with van der Waals surface area (Å²) in [5.41, 5.74) is 1.27. The van der Waals surface area contributed by atoms with Crippen molar-refractivity contribution in [2.24, 2.45) is 5.11 Å². The van der Waals surface area contributed by atoms with Crippen molar-refractivity contribution in [3.8, 4) is 0 Å². The highest BCUT2D eigenvalue weighted by atomic mass is 35.5. The van der Waals surface area contributed by atoms with Crippen LogP contribution in [0.25, 0.3) is 0 Å². The van der Waals surface area contributed by atoms with Gasteiger partial charge in [-0.1, -0.05) is 52.3 Å². The van der Waals surface area contributed by atoms with Crippen LogP contribution in [0.4, 0.5) is 4.79 Å². The molecule has 0 aliphatic heterocycles. The van der Waals surface area contributed by atoms with Crippen LogP contribution in [0, 0.1) is 5.21 Å². The molecular formula is C15H12Cl2N2O3. The number of azo groups is 1. The fourth-order valence-electron chi connectivity index (χ4n) is 1.92. The highest BCUT2D eigenvalue weighted by molar-refractivity contribution is 6.30. The molecule has 0 aliphatic carbocycles. The Morgan fingerprint density at radius 1 is 1.05 bits per heavy atom. The fraction of sp³-hybridized carbons (Fsp3) is 0.133. The molecule has 0 aliphatic rings. The molecule has 2 aromatic rings. The molecule has 0 N–H and O–H groups in total. The number of benzene rings is 2. The van der Waals surface area contributed by atoms with Crippen molar-refractivity contribution in [2.45, 2.75) is 6.04 Å². The number of hydroxylamine groups is 1. The summed E-state index contributed by atoms with van der Waals surface area (Å²) in [5.74, 6) is 0. The topological polar surface area (TPSA) is 64.7 Å². The summed E-state index contributed by atoms with van der Waals surface area (Å²) in [7, 11) is 1.15. The molecule has 2 aromatic carbocycles. The Hall–Kier alpha value is -2.11. The number of halogens is 2. The van der Waals surface area contributed by atoms with Crippen LogP contribution in [0.5, 0.6) is 0 Å². The average Bonchev–Trinajstić information content (AvgIpc) is 2.51. The summed E-state index contributed by atoms with van der Waals surface area (Å²) in [4.78, 5) is 11.5. The third kappa shape index (κ3) is 3.96. The van der Waals surface area contributed by atoms with Gasteiger partial charge in [0, 0.05) is 21.2 Å². The van der Waals surface area contributed by atoms with Gasteiger partial charge >= 0.3 is 6.09 Å². The number of rotatable bonds is 3. The van der Waals surface area contributed by atoms with Crippen LogP contribution in [0.3, 0.4) is 0 Å². The molecule has 1 amide bonds. The Kier molecular flexibility index (Phi) is 5.35. The van der Waals surface area contributed by atoms with Gasteiger partial charge < -0.3 is 9.94 Å². The quantitative estimate of drug-likeness (QED) is 0.458. The molecule has 0 spiro atoms. The highest BCUT2D eigenvalue weighted by Crippen LogP contribution is 2.28. The molecule has 22 heavy (non-hydrogen) atoms. The Balaban J connectivity index is 2.49. The van der Waals surface area contributed by atoms with Gasteiger partial charge in [-0.25, -0.2) is 4.79 Å². The number of nitrogens with zero attached hydrogens (tertiary/aromatic N) is 2.